The summed E-state index contributed by atoms with van der Waals surface area (Å²) in [6.07, 6.45) is 6.93. The Morgan fingerprint density at radius 3 is 2.39 bits per heavy atom. The van der Waals surface area contributed by atoms with Crippen molar-refractivity contribution in [3.8, 4) is 5.69 Å². The SMILES string of the molecule is CCCCCCc1ccc(Nc2nc(Nc3ccc(S(=O)(=O)[O-])c(N=Nc4c[nH]n(-c5ccccc5Cl)c4=O)c3)[nH]c(=O)n2)cc1. The van der Waals surface area contributed by atoms with Gasteiger partial charge in [0.05, 0.1) is 21.8 Å². The molecule has 0 aliphatic heterocycles. The third kappa shape index (κ3) is 8.12. The number of benzene rings is 3. The number of azo groups is 1. The molecule has 0 radical (unpaired) electrons. The molecule has 14 nitrogen and oxygen atoms in total. The first-order valence-electron chi connectivity index (χ1n) is 14.3. The van der Waals surface area contributed by atoms with E-state index in [1.807, 2.05) is 24.3 Å². The Balaban J connectivity index is 1.36. The molecule has 0 fully saturated rings. The van der Waals surface area contributed by atoms with Gasteiger partial charge in [-0.2, -0.15) is 9.97 Å². The Kier molecular flexibility index (Phi) is 10.0. The van der Waals surface area contributed by atoms with Crippen LogP contribution in [0.15, 0.2) is 97.6 Å². The summed E-state index contributed by atoms with van der Waals surface area (Å²) in [5.74, 6) is -0.00760. The van der Waals surface area contributed by atoms with E-state index in [1.54, 1.807) is 24.3 Å². The molecule has 0 atom stereocenters. The Morgan fingerprint density at radius 2 is 1.65 bits per heavy atom. The molecule has 0 spiro atoms. The van der Waals surface area contributed by atoms with Crippen LogP contribution in [0.1, 0.15) is 38.2 Å². The molecular formula is C30H29ClN9O5S-. The van der Waals surface area contributed by atoms with Gasteiger partial charge < -0.3 is 15.2 Å². The van der Waals surface area contributed by atoms with Crippen LogP contribution in [0.5, 0.6) is 0 Å². The summed E-state index contributed by atoms with van der Waals surface area (Å²) in [5, 5.41) is 16.6. The van der Waals surface area contributed by atoms with Gasteiger partial charge in [0.1, 0.15) is 15.8 Å². The van der Waals surface area contributed by atoms with E-state index in [-0.39, 0.29) is 29.0 Å². The van der Waals surface area contributed by atoms with Crippen molar-refractivity contribution < 1.29 is 13.0 Å². The van der Waals surface area contributed by atoms with Crippen LogP contribution in [0.2, 0.25) is 5.02 Å². The van der Waals surface area contributed by atoms with Crippen LogP contribution >= 0.6 is 11.6 Å². The molecule has 0 amide bonds. The summed E-state index contributed by atoms with van der Waals surface area (Å²) >= 11 is 6.18. The molecule has 0 aliphatic carbocycles. The number of aromatic nitrogens is 5. The normalized spacial score (nSPS) is 11.6. The molecule has 46 heavy (non-hydrogen) atoms. The Bertz CT molecular complexity index is 2090. The molecule has 0 saturated heterocycles. The number of hydrogen-bond acceptors (Lipinski definition) is 11. The van der Waals surface area contributed by atoms with Gasteiger partial charge in [-0.15, -0.1) is 10.2 Å². The first kappa shape index (κ1) is 32.3. The van der Waals surface area contributed by atoms with Crippen molar-refractivity contribution in [2.75, 3.05) is 10.6 Å². The fourth-order valence-corrected chi connectivity index (χ4v) is 5.32. The number of aromatic amines is 2. The highest BCUT2D eigenvalue weighted by Gasteiger charge is 2.14. The maximum Gasteiger partial charge on any atom is 0.351 e. The minimum absolute atomic E-state index is 0.0165. The number of halogens is 1. The highest BCUT2D eigenvalue weighted by molar-refractivity contribution is 7.86. The average molecular weight is 663 g/mol. The van der Waals surface area contributed by atoms with Gasteiger partial charge in [-0.3, -0.25) is 14.9 Å². The van der Waals surface area contributed by atoms with Crippen LogP contribution < -0.4 is 21.9 Å². The minimum Gasteiger partial charge on any atom is -0.744 e. The van der Waals surface area contributed by atoms with Crippen LogP contribution in [-0.4, -0.2) is 37.7 Å². The first-order valence-corrected chi connectivity index (χ1v) is 16.1. The van der Waals surface area contributed by atoms with E-state index in [1.165, 1.54) is 43.2 Å². The number of rotatable bonds is 13. The van der Waals surface area contributed by atoms with Crippen LogP contribution in [0.3, 0.4) is 0 Å². The topological polar surface area (TPSA) is 202 Å². The van der Waals surface area contributed by atoms with Gasteiger partial charge in [0.15, 0.2) is 5.69 Å². The smallest absolute Gasteiger partial charge is 0.351 e. The van der Waals surface area contributed by atoms with E-state index < -0.39 is 26.3 Å². The van der Waals surface area contributed by atoms with E-state index in [0.717, 1.165) is 23.6 Å². The van der Waals surface area contributed by atoms with Crippen molar-refractivity contribution in [1.82, 2.24) is 24.7 Å². The van der Waals surface area contributed by atoms with Crippen molar-refractivity contribution >= 4 is 56.4 Å². The fourth-order valence-electron chi connectivity index (χ4n) is 4.51. The van der Waals surface area contributed by atoms with E-state index >= 15 is 0 Å². The van der Waals surface area contributed by atoms with Gasteiger partial charge in [-0.25, -0.2) is 17.9 Å². The Labute approximate surface area is 268 Å². The zero-order valence-corrected chi connectivity index (χ0v) is 26.1. The second kappa shape index (κ2) is 14.3. The highest BCUT2D eigenvalue weighted by Crippen LogP contribution is 2.30. The van der Waals surface area contributed by atoms with Gasteiger partial charge in [0.25, 0.3) is 5.56 Å². The maximum absolute atomic E-state index is 12.9. The highest BCUT2D eigenvalue weighted by atomic mass is 35.5. The lowest BCUT2D eigenvalue weighted by Gasteiger charge is -2.12. The van der Waals surface area contributed by atoms with Crippen LogP contribution in [0, 0.1) is 0 Å². The van der Waals surface area contributed by atoms with Crippen LogP contribution in [-0.2, 0) is 16.5 Å². The molecule has 0 saturated carbocycles. The summed E-state index contributed by atoms with van der Waals surface area (Å²) in [6, 6.07) is 17.9. The lowest BCUT2D eigenvalue weighted by molar-refractivity contribution is 0.463. The van der Waals surface area contributed by atoms with Crippen molar-refractivity contribution in [2.24, 2.45) is 10.2 Å². The van der Waals surface area contributed by atoms with Gasteiger partial charge in [-0.1, -0.05) is 62.1 Å². The summed E-state index contributed by atoms with van der Waals surface area (Å²) in [5.41, 5.74) is 0.618. The van der Waals surface area contributed by atoms with E-state index in [0.29, 0.717) is 16.4 Å². The molecule has 0 unspecified atom stereocenters. The molecule has 2 heterocycles. The third-order valence-electron chi connectivity index (χ3n) is 6.78. The summed E-state index contributed by atoms with van der Waals surface area (Å²) in [4.78, 5) is 35.1. The third-order valence-corrected chi connectivity index (χ3v) is 7.99. The Hall–Kier alpha value is -5.12. The molecule has 3 aromatic carbocycles. The largest absolute Gasteiger partial charge is 0.744 e. The number of unbranched alkanes of at least 4 members (excludes halogenated alkanes) is 3. The first-order chi connectivity index (χ1) is 22.1. The number of anilines is 4. The number of nitrogens with one attached hydrogen (secondary N) is 4. The second-order valence-electron chi connectivity index (χ2n) is 10.2. The van der Waals surface area contributed by atoms with E-state index in [9.17, 15) is 22.6 Å². The van der Waals surface area contributed by atoms with E-state index in [2.05, 4.69) is 47.8 Å². The number of aryl methyl sites for hydroxylation is 1. The zero-order valence-electron chi connectivity index (χ0n) is 24.5. The second-order valence-corrected chi connectivity index (χ2v) is 11.9. The van der Waals surface area contributed by atoms with Crippen molar-refractivity contribution in [3.63, 3.8) is 0 Å². The molecule has 0 aliphatic rings. The molecule has 2 aromatic heterocycles. The van der Waals surface area contributed by atoms with Gasteiger partial charge in [-0.05, 0) is 60.9 Å². The molecule has 238 valence electrons. The summed E-state index contributed by atoms with van der Waals surface area (Å²) < 4.78 is 37.0. The number of hydrogen-bond donors (Lipinski definition) is 4. The Morgan fingerprint density at radius 1 is 0.913 bits per heavy atom. The van der Waals surface area contributed by atoms with Gasteiger partial charge in [0.2, 0.25) is 11.9 Å². The van der Waals surface area contributed by atoms with Crippen molar-refractivity contribution in [1.29, 1.82) is 0 Å². The van der Waals surface area contributed by atoms with E-state index in [4.69, 9.17) is 11.6 Å². The maximum atomic E-state index is 12.9. The number of H-pyrrole nitrogens is 2. The van der Waals surface area contributed by atoms with Crippen LogP contribution in [0.4, 0.5) is 34.6 Å². The standard InChI is InChI=1S/C30H30ClN9O5S/c1-2-3-4-5-8-19-11-13-20(14-12-19)33-28-35-29(37-30(42)36-28)34-21-15-16-26(46(43,44)45)23(17-21)38-39-24-18-32-40(27(24)41)25-10-7-6-9-22(25)31/h6-7,9-18,32H,2-5,8H2,1H3,(H,43,44,45)(H3,33,34,35,36,37,42)/p-1. The minimum atomic E-state index is -4.97. The fraction of sp³-hybridized carbons (Fsp3) is 0.200. The van der Waals surface area contributed by atoms with Gasteiger partial charge >= 0.3 is 5.69 Å². The number of para-hydroxylation sites is 1. The monoisotopic (exact) mass is 662 g/mol. The van der Waals surface area contributed by atoms with Crippen molar-refractivity contribution in [2.45, 2.75) is 43.9 Å². The summed E-state index contributed by atoms with van der Waals surface area (Å²) in [7, 11) is -4.97. The zero-order chi connectivity index (χ0) is 32.7. The molecule has 16 heteroatoms. The molecule has 5 rings (SSSR count). The quantitative estimate of drug-likeness (QED) is 0.0640. The molecular weight excluding hydrogens is 634 g/mol. The molecule has 0 bridgehead atoms. The molecule has 4 N–H and O–H groups in total. The lowest BCUT2D eigenvalue weighted by Crippen LogP contribution is -2.16. The number of nitrogens with zero attached hydrogens (tertiary/aromatic N) is 5. The lowest BCUT2D eigenvalue weighted by atomic mass is 10.1. The van der Waals surface area contributed by atoms with Crippen LogP contribution in [0.25, 0.3) is 5.69 Å². The van der Waals surface area contributed by atoms with Gasteiger partial charge in [0, 0.05) is 11.4 Å². The predicted octanol–water partition coefficient (Wildman–Crippen LogP) is 6.23. The predicted molar refractivity (Wildman–Crippen MR) is 173 cm³/mol. The molecule has 5 aromatic rings. The van der Waals surface area contributed by atoms with Crippen molar-refractivity contribution in [3.05, 3.63) is 104 Å². The average Bonchev–Trinajstić information content (AvgIpc) is 3.38. The summed E-state index contributed by atoms with van der Waals surface area (Å²) in [6.45, 7) is 2.17.